The highest BCUT2D eigenvalue weighted by Crippen LogP contribution is 2.22. The number of amides is 2. The maximum Gasteiger partial charge on any atom is 0.269 e. The summed E-state index contributed by atoms with van der Waals surface area (Å²) in [5, 5.41) is 10.7. The molecule has 2 heterocycles. The number of rotatable bonds is 3. The minimum atomic E-state index is -0.872. The van der Waals surface area contributed by atoms with Gasteiger partial charge in [-0.3, -0.25) is 19.7 Å². The van der Waals surface area contributed by atoms with Gasteiger partial charge in [-0.05, 0) is 25.0 Å². The zero-order valence-electron chi connectivity index (χ0n) is 14.8. The van der Waals surface area contributed by atoms with E-state index in [1.807, 2.05) is 0 Å². The van der Waals surface area contributed by atoms with E-state index < -0.39 is 10.5 Å². The number of hydrogen-bond acceptors (Lipinski definition) is 6. The molecule has 0 aliphatic carbocycles. The maximum atomic E-state index is 12.7. The third-order valence-corrected chi connectivity index (χ3v) is 4.99. The van der Waals surface area contributed by atoms with Gasteiger partial charge in [-0.1, -0.05) is 0 Å². The second-order valence-electron chi connectivity index (χ2n) is 6.66. The minimum Gasteiger partial charge on any atom is -0.381 e. The van der Waals surface area contributed by atoms with Crippen LogP contribution < -0.4 is 5.73 Å². The topological polar surface area (TPSA) is 119 Å². The van der Waals surface area contributed by atoms with E-state index in [4.69, 9.17) is 10.5 Å². The van der Waals surface area contributed by atoms with Gasteiger partial charge in [0.1, 0.15) is 0 Å². The van der Waals surface area contributed by atoms with Gasteiger partial charge >= 0.3 is 0 Å². The summed E-state index contributed by atoms with van der Waals surface area (Å²) in [7, 11) is 0. The van der Waals surface area contributed by atoms with Gasteiger partial charge in [0, 0.05) is 57.1 Å². The molecule has 0 radical (unpaired) electrons. The van der Waals surface area contributed by atoms with E-state index in [9.17, 15) is 19.7 Å². The zero-order valence-corrected chi connectivity index (χ0v) is 15.7. The molecule has 2 N–H and O–H groups in total. The lowest BCUT2D eigenvalue weighted by Crippen LogP contribution is -2.61. The second-order valence-corrected chi connectivity index (χ2v) is 6.66. The number of non-ortho nitro benzene ring substituents is 1. The molecule has 2 aliphatic heterocycles. The molecule has 2 aliphatic rings. The lowest BCUT2D eigenvalue weighted by Gasteiger charge is -2.40. The number of piperazine rings is 1. The van der Waals surface area contributed by atoms with Crippen molar-refractivity contribution in [1.29, 1.82) is 0 Å². The summed E-state index contributed by atoms with van der Waals surface area (Å²) < 4.78 is 5.28. The van der Waals surface area contributed by atoms with Crippen LogP contribution in [0.5, 0.6) is 0 Å². The number of halogens is 1. The Morgan fingerprint density at radius 2 is 1.56 bits per heavy atom. The summed E-state index contributed by atoms with van der Waals surface area (Å²) in [4.78, 5) is 38.8. The first kappa shape index (κ1) is 21.1. The molecule has 10 heteroatoms. The summed E-state index contributed by atoms with van der Waals surface area (Å²) in [5.41, 5.74) is 5.72. The summed E-state index contributed by atoms with van der Waals surface area (Å²) in [5.74, 6) is -0.274. The highest BCUT2D eigenvalue weighted by Gasteiger charge is 2.40. The SMILES string of the molecule is Cl.NC1(C(=O)N2CCN(C(=O)c3ccc([N+](=O)[O-])cc3)CC2)CCOCC1. The molecular formula is C17H23ClN4O5. The Kier molecular flexibility index (Phi) is 6.74. The number of nitrogens with zero attached hydrogens (tertiary/aromatic N) is 3. The monoisotopic (exact) mass is 398 g/mol. The van der Waals surface area contributed by atoms with E-state index in [1.165, 1.54) is 24.3 Å². The van der Waals surface area contributed by atoms with Crippen LogP contribution in [0.2, 0.25) is 0 Å². The Bertz CT molecular complexity index is 698. The fourth-order valence-electron chi connectivity index (χ4n) is 3.29. The van der Waals surface area contributed by atoms with Crippen LogP contribution in [-0.4, -0.2) is 71.5 Å². The quantitative estimate of drug-likeness (QED) is 0.594. The summed E-state index contributed by atoms with van der Waals surface area (Å²) in [6, 6.07) is 5.54. The first-order valence-electron chi connectivity index (χ1n) is 8.60. The van der Waals surface area contributed by atoms with Gasteiger partial charge in [0.15, 0.2) is 0 Å². The molecule has 2 fully saturated rings. The molecular weight excluding hydrogens is 376 g/mol. The van der Waals surface area contributed by atoms with Crippen LogP contribution in [0, 0.1) is 10.1 Å². The van der Waals surface area contributed by atoms with Crippen molar-refractivity contribution in [2.75, 3.05) is 39.4 Å². The van der Waals surface area contributed by atoms with E-state index in [0.29, 0.717) is 57.8 Å². The van der Waals surface area contributed by atoms with Crippen molar-refractivity contribution >= 4 is 29.9 Å². The van der Waals surface area contributed by atoms with Crippen molar-refractivity contribution in [3.8, 4) is 0 Å². The number of benzene rings is 1. The van der Waals surface area contributed by atoms with E-state index in [0.717, 1.165) is 0 Å². The van der Waals surface area contributed by atoms with Crippen molar-refractivity contribution in [3.05, 3.63) is 39.9 Å². The molecule has 2 saturated heterocycles. The molecule has 0 unspecified atom stereocenters. The van der Waals surface area contributed by atoms with Crippen LogP contribution in [-0.2, 0) is 9.53 Å². The molecule has 0 saturated carbocycles. The lowest BCUT2D eigenvalue weighted by atomic mass is 9.89. The van der Waals surface area contributed by atoms with Crippen molar-refractivity contribution in [1.82, 2.24) is 9.80 Å². The molecule has 2 amide bonds. The minimum absolute atomic E-state index is 0. The lowest BCUT2D eigenvalue weighted by molar-refractivity contribution is -0.384. The highest BCUT2D eigenvalue weighted by atomic mass is 35.5. The molecule has 0 bridgehead atoms. The van der Waals surface area contributed by atoms with Crippen LogP contribution in [0.4, 0.5) is 5.69 Å². The highest BCUT2D eigenvalue weighted by molar-refractivity contribution is 5.94. The molecule has 0 spiro atoms. The summed E-state index contributed by atoms with van der Waals surface area (Å²) in [6.07, 6.45) is 1.02. The van der Waals surface area contributed by atoms with Crippen LogP contribution >= 0.6 is 12.4 Å². The zero-order chi connectivity index (χ0) is 18.7. The van der Waals surface area contributed by atoms with Gasteiger partial charge < -0.3 is 20.3 Å². The normalized spacial score (nSPS) is 19.1. The number of nitro groups is 1. The van der Waals surface area contributed by atoms with Gasteiger partial charge in [-0.25, -0.2) is 0 Å². The molecule has 9 nitrogen and oxygen atoms in total. The Morgan fingerprint density at radius 1 is 1.04 bits per heavy atom. The first-order chi connectivity index (χ1) is 12.4. The fourth-order valence-corrected chi connectivity index (χ4v) is 3.29. The Morgan fingerprint density at radius 3 is 2.07 bits per heavy atom. The summed E-state index contributed by atoms with van der Waals surface area (Å²) in [6.45, 7) is 2.65. The molecule has 0 aromatic heterocycles. The second kappa shape index (κ2) is 8.64. The van der Waals surface area contributed by atoms with Gasteiger partial charge in [-0.15, -0.1) is 12.4 Å². The largest absolute Gasteiger partial charge is 0.381 e. The smallest absolute Gasteiger partial charge is 0.269 e. The Balaban J connectivity index is 0.00000261. The Labute approximate surface area is 163 Å². The van der Waals surface area contributed by atoms with E-state index in [1.54, 1.807) is 9.80 Å². The van der Waals surface area contributed by atoms with Crippen LogP contribution in [0.3, 0.4) is 0 Å². The predicted octanol–water partition coefficient (Wildman–Crippen LogP) is 0.809. The van der Waals surface area contributed by atoms with Gasteiger partial charge in [0.2, 0.25) is 5.91 Å². The van der Waals surface area contributed by atoms with E-state index in [2.05, 4.69) is 0 Å². The number of nitrogens with two attached hydrogens (primary N) is 1. The van der Waals surface area contributed by atoms with Gasteiger partial charge in [0.25, 0.3) is 11.6 Å². The van der Waals surface area contributed by atoms with Crippen molar-refractivity contribution < 1.29 is 19.2 Å². The first-order valence-corrected chi connectivity index (χ1v) is 8.60. The Hall–Kier alpha value is -2.23. The molecule has 3 rings (SSSR count). The average Bonchev–Trinajstić information content (AvgIpc) is 2.67. The third-order valence-electron chi connectivity index (χ3n) is 4.99. The number of carbonyl (C=O) groups excluding carboxylic acids is 2. The van der Waals surface area contributed by atoms with Crippen molar-refractivity contribution in [2.45, 2.75) is 18.4 Å². The third kappa shape index (κ3) is 4.55. The van der Waals surface area contributed by atoms with E-state index in [-0.39, 0.29) is 29.9 Å². The molecule has 27 heavy (non-hydrogen) atoms. The van der Waals surface area contributed by atoms with Crippen LogP contribution in [0.25, 0.3) is 0 Å². The van der Waals surface area contributed by atoms with Crippen LogP contribution in [0.1, 0.15) is 23.2 Å². The molecule has 0 atom stereocenters. The van der Waals surface area contributed by atoms with Crippen molar-refractivity contribution in [2.24, 2.45) is 5.73 Å². The summed E-state index contributed by atoms with van der Waals surface area (Å²) >= 11 is 0. The molecule has 148 valence electrons. The average molecular weight is 399 g/mol. The number of ether oxygens (including phenoxy) is 1. The predicted molar refractivity (Wildman–Crippen MR) is 99.8 cm³/mol. The number of nitro benzene ring substituents is 1. The number of hydrogen-bond donors (Lipinski definition) is 1. The van der Waals surface area contributed by atoms with Gasteiger partial charge in [0.05, 0.1) is 10.5 Å². The fraction of sp³-hybridized carbons (Fsp3) is 0.529. The van der Waals surface area contributed by atoms with Crippen molar-refractivity contribution in [3.63, 3.8) is 0 Å². The van der Waals surface area contributed by atoms with Crippen LogP contribution in [0.15, 0.2) is 24.3 Å². The van der Waals surface area contributed by atoms with E-state index >= 15 is 0 Å². The number of carbonyl (C=O) groups is 2. The molecule has 1 aromatic carbocycles. The van der Waals surface area contributed by atoms with Gasteiger partial charge in [-0.2, -0.15) is 0 Å². The molecule has 1 aromatic rings. The maximum absolute atomic E-state index is 12.7. The standard InChI is InChI=1S/C17H22N4O5.ClH/c18-17(5-11-26-12-6-17)16(23)20-9-7-19(8-10-20)15(22)13-1-3-14(4-2-13)21(24)25;/h1-4H,5-12,18H2;1H.